The molecule has 0 amide bonds. The maximum Gasteiger partial charge on any atom is 0.125 e. The van der Waals surface area contributed by atoms with Crippen LogP contribution in [0.1, 0.15) is 32.3 Å². The Morgan fingerprint density at radius 1 is 1.41 bits per heavy atom. The number of hydrogen-bond donors (Lipinski definition) is 2. The fraction of sp³-hybridized carbons (Fsp3) is 0.538. The molecular weight excluding hydrogens is 241 g/mol. The summed E-state index contributed by atoms with van der Waals surface area (Å²) in [4.78, 5) is 0. The smallest absolute Gasteiger partial charge is 0.125 e. The first-order valence-corrected chi connectivity index (χ1v) is 6.19. The van der Waals surface area contributed by atoms with E-state index in [1.54, 1.807) is 13.0 Å². The minimum absolute atomic E-state index is 0.338. The molecule has 1 rings (SSSR count). The molecule has 17 heavy (non-hydrogen) atoms. The van der Waals surface area contributed by atoms with Crippen molar-refractivity contribution < 1.29 is 9.50 Å². The highest BCUT2D eigenvalue weighted by Gasteiger charge is 2.17. The summed E-state index contributed by atoms with van der Waals surface area (Å²) >= 11 is 5.75. The Hall–Kier alpha value is -0.640. The number of aliphatic hydroxyl groups is 1. The second kappa shape index (κ2) is 6.34. The number of rotatable bonds is 6. The first kappa shape index (κ1) is 14.4. The lowest BCUT2D eigenvalue weighted by molar-refractivity contribution is 0.0498. The molecule has 2 nitrogen and oxygen atoms in total. The Morgan fingerprint density at radius 3 is 2.71 bits per heavy atom. The van der Waals surface area contributed by atoms with Gasteiger partial charge in [-0.3, -0.25) is 0 Å². The Kier molecular flexibility index (Phi) is 5.37. The van der Waals surface area contributed by atoms with Crippen LogP contribution in [0, 0.1) is 5.82 Å². The molecule has 4 heteroatoms. The van der Waals surface area contributed by atoms with Gasteiger partial charge in [0.15, 0.2) is 0 Å². The summed E-state index contributed by atoms with van der Waals surface area (Å²) in [6, 6.07) is 4.43. The van der Waals surface area contributed by atoms with Gasteiger partial charge in [-0.05, 0) is 37.1 Å². The zero-order chi connectivity index (χ0) is 12.9. The van der Waals surface area contributed by atoms with Gasteiger partial charge < -0.3 is 10.4 Å². The van der Waals surface area contributed by atoms with Crippen LogP contribution in [0.5, 0.6) is 0 Å². The van der Waals surface area contributed by atoms with Crippen LogP contribution in [0.25, 0.3) is 0 Å². The van der Waals surface area contributed by atoms with E-state index in [1.807, 2.05) is 6.92 Å². The molecule has 0 aliphatic rings. The van der Waals surface area contributed by atoms with E-state index in [1.165, 1.54) is 12.1 Å². The molecule has 0 spiro atoms. The van der Waals surface area contributed by atoms with E-state index in [9.17, 15) is 9.50 Å². The summed E-state index contributed by atoms with van der Waals surface area (Å²) in [7, 11) is 0. The van der Waals surface area contributed by atoms with E-state index in [0.29, 0.717) is 18.1 Å². The minimum atomic E-state index is -0.716. The van der Waals surface area contributed by atoms with E-state index < -0.39 is 5.60 Å². The van der Waals surface area contributed by atoms with Crippen LogP contribution in [-0.2, 0) is 6.54 Å². The van der Waals surface area contributed by atoms with Crippen LogP contribution in [-0.4, -0.2) is 17.3 Å². The van der Waals surface area contributed by atoms with Gasteiger partial charge in [-0.15, -0.1) is 0 Å². The van der Waals surface area contributed by atoms with Crippen LogP contribution in [0.15, 0.2) is 18.2 Å². The van der Waals surface area contributed by atoms with Crippen LogP contribution in [0.4, 0.5) is 4.39 Å². The standard InChI is InChI=1S/C13H19ClFNO/c1-3-4-13(2,17)9-16-8-10-5-11(14)7-12(15)6-10/h5-7,16-17H,3-4,8-9H2,1-2H3. The van der Waals surface area contributed by atoms with Crippen molar-refractivity contribution >= 4 is 11.6 Å². The van der Waals surface area contributed by atoms with Crippen LogP contribution in [0.3, 0.4) is 0 Å². The highest BCUT2D eigenvalue weighted by atomic mass is 35.5. The van der Waals surface area contributed by atoms with Crippen LogP contribution >= 0.6 is 11.6 Å². The first-order valence-electron chi connectivity index (χ1n) is 5.81. The zero-order valence-electron chi connectivity index (χ0n) is 10.3. The summed E-state index contributed by atoms with van der Waals surface area (Å²) < 4.78 is 13.0. The number of benzene rings is 1. The summed E-state index contributed by atoms with van der Waals surface area (Å²) in [5.74, 6) is -0.338. The topological polar surface area (TPSA) is 32.3 Å². The number of nitrogens with one attached hydrogen (secondary N) is 1. The van der Waals surface area contributed by atoms with Crippen molar-refractivity contribution in [1.29, 1.82) is 0 Å². The second-order valence-electron chi connectivity index (χ2n) is 4.63. The summed E-state index contributed by atoms with van der Waals surface area (Å²) in [6.45, 7) is 4.80. The van der Waals surface area contributed by atoms with Crippen molar-refractivity contribution in [3.8, 4) is 0 Å². The third-order valence-corrected chi connectivity index (χ3v) is 2.76. The van der Waals surface area contributed by atoms with Crippen molar-refractivity contribution in [3.05, 3.63) is 34.6 Å². The van der Waals surface area contributed by atoms with Gasteiger partial charge in [-0.25, -0.2) is 4.39 Å². The summed E-state index contributed by atoms with van der Waals surface area (Å²) in [5.41, 5.74) is 0.0635. The van der Waals surface area contributed by atoms with Gasteiger partial charge in [0.25, 0.3) is 0 Å². The Labute approximate surface area is 107 Å². The molecule has 1 atom stereocenters. The molecule has 1 aromatic carbocycles. The van der Waals surface area contributed by atoms with E-state index in [0.717, 1.165) is 18.4 Å². The predicted molar refractivity (Wildman–Crippen MR) is 68.6 cm³/mol. The highest BCUT2D eigenvalue weighted by molar-refractivity contribution is 6.30. The SMILES string of the molecule is CCCC(C)(O)CNCc1cc(F)cc(Cl)c1. The maximum atomic E-state index is 13.0. The Bertz CT molecular complexity index is 348. The molecule has 0 fully saturated rings. The molecular formula is C13H19ClFNO. The summed E-state index contributed by atoms with van der Waals surface area (Å²) in [5, 5.41) is 13.4. The fourth-order valence-electron chi connectivity index (χ4n) is 1.82. The normalized spacial score (nSPS) is 14.6. The molecule has 0 aliphatic heterocycles. The molecule has 0 saturated heterocycles. The molecule has 1 unspecified atom stereocenters. The second-order valence-corrected chi connectivity index (χ2v) is 5.06. The lowest BCUT2D eigenvalue weighted by atomic mass is 10.0. The van der Waals surface area contributed by atoms with E-state index in [2.05, 4.69) is 5.32 Å². The lowest BCUT2D eigenvalue weighted by Crippen LogP contribution is -2.37. The predicted octanol–water partition coefficient (Wildman–Crippen LogP) is 3.12. The van der Waals surface area contributed by atoms with Gasteiger partial charge in [0.05, 0.1) is 5.60 Å². The molecule has 1 aromatic rings. The van der Waals surface area contributed by atoms with Crippen molar-refractivity contribution in [2.45, 2.75) is 38.8 Å². The van der Waals surface area contributed by atoms with Crippen LogP contribution < -0.4 is 5.32 Å². The van der Waals surface area contributed by atoms with Gasteiger partial charge in [0.2, 0.25) is 0 Å². The molecule has 0 aromatic heterocycles. The maximum absolute atomic E-state index is 13.0. The van der Waals surface area contributed by atoms with Gasteiger partial charge in [0.1, 0.15) is 5.82 Å². The first-order chi connectivity index (χ1) is 7.93. The largest absolute Gasteiger partial charge is 0.389 e. The quantitative estimate of drug-likeness (QED) is 0.823. The number of halogens is 2. The lowest BCUT2D eigenvalue weighted by Gasteiger charge is -2.23. The molecule has 0 radical (unpaired) electrons. The van der Waals surface area contributed by atoms with Gasteiger partial charge >= 0.3 is 0 Å². The van der Waals surface area contributed by atoms with Crippen molar-refractivity contribution in [3.63, 3.8) is 0 Å². The van der Waals surface area contributed by atoms with Gasteiger partial charge in [-0.2, -0.15) is 0 Å². The number of hydrogen-bond acceptors (Lipinski definition) is 2. The van der Waals surface area contributed by atoms with Crippen molar-refractivity contribution in [2.24, 2.45) is 0 Å². The van der Waals surface area contributed by atoms with Crippen molar-refractivity contribution in [2.75, 3.05) is 6.54 Å². The van der Waals surface area contributed by atoms with E-state index >= 15 is 0 Å². The average Bonchev–Trinajstić information content (AvgIpc) is 2.15. The van der Waals surface area contributed by atoms with Gasteiger partial charge in [-0.1, -0.05) is 24.9 Å². The third kappa shape index (κ3) is 5.48. The Morgan fingerprint density at radius 2 is 2.12 bits per heavy atom. The van der Waals surface area contributed by atoms with E-state index in [-0.39, 0.29) is 5.82 Å². The Balaban J connectivity index is 2.45. The third-order valence-electron chi connectivity index (χ3n) is 2.55. The molecule has 0 saturated carbocycles. The van der Waals surface area contributed by atoms with E-state index in [4.69, 9.17) is 11.6 Å². The van der Waals surface area contributed by atoms with Crippen molar-refractivity contribution in [1.82, 2.24) is 5.32 Å². The molecule has 0 heterocycles. The zero-order valence-corrected chi connectivity index (χ0v) is 11.0. The fourth-order valence-corrected chi connectivity index (χ4v) is 2.06. The highest BCUT2D eigenvalue weighted by Crippen LogP contribution is 2.15. The molecule has 0 bridgehead atoms. The minimum Gasteiger partial charge on any atom is -0.389 e. The monoisotopic (exact) mass is 259 g/mol. The molecule has 2 N–H and O–H groups in total. The average molecular weight is 260 g/mol. The molecule has 0 aliphatic carbocycles. The summed E-state index contributed by atoms with van der Waals surface area (Å²) in [6.07, 6.45) is 1.67. The van der Waals surface area contributed by atoms with Gasteiger partial charge in [0, 0.05) is 18.1 Å². The molecule has 96 valence electrons. The van der Waals surface area contributed by atoms with Crippen LogP contribution in [0.2, 0.25) is 5.02 Å².